The van der Waals surface area contributed by atoms with E-state index in [4.69, 9.17) is 10.00 Å². The molecule has 0 bridgehead atoms. The molecule has 0 atom stereocenters. The minimum Gasteiger partial charge on any atom is -0.496 e. The van der Waals surface area contributed by atoms with Crippen LogP contribution in [0.15, 0.2) is 36.7 Å². The number of hydrogen-bond donors (Lipinski definition) is 3. The van der Waals surface area contributed by atoms with Crippen molar-refractivity contribution in [3.63, 3.8) is 0 Å². The van der Waals surface area contributed by atoms with Crippen LogP contribution in [0.4, 0.5) is 11.6 Å². The number of ether oxygens (including phenoxy) is 1. The van der Waals surface area contributed by atoms with Crippen molar-refractivity contribution < 1.29 is 4.74 Å². The van der Waals surface area contributed by atoms with Gasteiger partial charge in [-0.25, -0.2) is 9.97 Å². The molecule has 0 radical (unpaired) electrons. The zero-order valence-corrected chi connectivity index (χ0v) is 14.6. The average Bonchev–Trinajstić information content (AvgIpc) is 3.15. The van der Waals surface area contributed by atoms with Crippen LogP contribution in [0.2, 0.25) is 0 Å². The van der Waals surface area contributed by atoms with Crippen LogP contribution in [-0.4, -0.2) is 33.8 Å². The van der Waals surface area contributed by atoms with Crippen LogP contribution in [0.25, 0.3) is 11.3 Å². The van der Waals surface area contributed by atoms with E-state index in [0.717, 1.165) is 35.7 Å². The van der Waals surface area contributed by atoms with Crippen molar-refractivity contribution in [2.75, 3.05) is 19.0 Å². The number of nitrogens with one attached hydrogen (secondary N) is 3. The fourth-order valence-electron chi connectivity index (χ4n) is 2.44. The van der Waals surface area contributed by atoms with Gasteiger partial charge in [0.2, 0.25) is 0 Å². The second-order valence-electron chi connectivity index (χ2n) is 5.51. The molecule has 0 saturated carbocycles. The lowest BCUT2D eigenvalue weighted by Crippen LogP contribution is -2.11. The summed E-state index contributed by atoms with van der Waals surface area (Å²) in [5.74, 6) is 1.88. The maximum absolute atomic E-state index is 8.76. The van der Waals surface area contributed by atoms with Gasteiger partial charge in [0.05, 0.1) is 25.2 Å². The van der Waals surface area contributed by atoms with Gasteiger partial charge in [-0.15, -0.1) is 0 Å². The number of nitrogens with zero attached hydrogens (tertiary/aromatic N) is 4. The Labute approximate surface area is 151 Å². The van der Waals surface area contributed by atoms with Gasteiger partial charge in [-0.3, -0.25) is 5.10 Å². The molecule has 0 aliphatic carbocycles. The number of methoxy groups -OCH3 is 1. The van der Waals surface area contributed by atoms with E-state index in [1.165, 1.54) is 12.4 Å². The molecule has 0 unspecified atom stereocenters. The lowest BCUT2D eigenvalue weighted by Gasteiger charge is -2.09. The molecule has 8 heteroatoms. The number of aromatic nitrogens is 4. The third kappa shape index (κ3) is 3.96. The summed E-state index contributed by atoms with van der Waals surface area (Å²) in [5.41, 5.74) is 3.15. The number of anilines is 2. The number of aromatic amines is 1. The fraction of sp³-hybridized carbons (Fsp3) is 0.222. The molecule has 132 valence electrons. The first kappa shape index (κ1) is 17.4. The first-order valence-electron chi connectivity index (χ1n) is 8.16. The highest BCUT2D eigenvalue weighted by Crippen LogP contribution is 2.31. The third-order valence-corrected chi connectivity index (χ3v) is 3.74. The highest BCUT2D eigenvalue weighted by Gasteiger charge is 2.11. The van der Waals surface area contributed by atoms with Crippen molar-refractivity contribution in [3.8, 4) is 23.1 Å². The van der Waals surface area contributed by atoms with E-state index < -0.39 is 0 Å². The molecule has 2 aromatic heterocycles. The summed E-state index contributed by atoms with van der Waals surface area (Å²) in [5, 5.41) is 22.3. The molecule has 3 N–H and O–H groups in total. The summed E-state index contributed by atoms with van der Waals surface area (Å²) < 4.78 is 5.52. The monoisotopic (exact) mass is 349 g/mol. The summed E-state index contributed by atoms with van der Waals surface area (Å²) >= 11 is 0. The minimum absolute atomic E-state index is 0.264. The van der Waals surface area contributed by atoms with Gasteiger partial charge < -0.3 is 15.4 Å². The van der Waals surface area contributed by atoms with Crippen molar-refractivity contribution in [1.82, 2.24) is 25.5 Å². The number of hydrogen-bond acceptors (Lipinski definition) is 7. The van der Waals surface area contributed by atoms with Gasteiger partial charge in [0.1, 0.15) is 17.6 Å². The quantitative estimate of drug-likeness (QED) is 0.601. The van der Waals surface area contributed by atoms with Gasteiger partial charge in [0.25, 0.3) is 0 Å². The molecule has 26 heavy (non-hydrogen) atoms. The Morgan fingerprint density at radius 3 is 2.77 bits per heavy atom. The zero-order chi connectivity index (χ0) is 18.4. The van der Waals surface area contributed by atoms with E-state index in [9.17, 15) is 0 Å². The van der Waals surface area contributed by atoms with Gasteiger partial charge >= 0.3 is 0 Å². The van der Waals surface area contributed by atoms with Crippen LogP contribution >= 0.6 is 0 Å². The maximum Gasteiger partial charge on any atom is 0.158 e. The summed E-state index contributed by atoms with van der Waals surface area (Å²) in [4.78, 5) is 8.09. The molecule has 0 amide bonds. The van der Waals surface area contributed by atoms with Gasteiger partial charge in [-0.05, 0) is 24.2 Å². The van der Waals surface area contributed by atoms with E-state index in [2.05, 4.69) is 43.8 Å². The molecule has 0 aliphatic rings. The smallest absolute Gasteiger partial charge is 0.158 e. The minimum atomic E-state index is 0.264. The predicted molar refractivity (Wildman–Crippen MR) is 98.0 cm³/mol. The van der Waals surface area contributed by atoms with Crippen molar-refractivity contribution in [1.29, 1.82) is 5.26 Å². The number of nitriles is 1. The molecule has 1 aromatic carbocycles. The largest absolute Gasteiger partial charge is 0.496 e. The summed E-state index contributed by atoms with van der Waals surface area (Å²) in [6.45, 7) is 3.78. The van der Waals surface area contributed by atoms with Crippen molar-refractivity contribution in [3.05, 3.63) is 47.9 Å². The van der Waals surface area contributed by atoms with E-state index in [-0.39, 0.29) is 5.69 Å². The fourth-order valence-corrected chi connectivity index (χ4v) is 2.44. The Morgan fingerprint density at radius 2 is 2.08 bits per heavy atom. The first-order valence-corrected chi connectivity index (χ1v) is 8.16. The van der Waals surface area contributed by atoms with Crippen molar-refractivity contribution in [2.45, 2.75) is 13.5 Å². The lowest BCUT2D eigenvalue weighted by atomic mass is 10.1. The Kier molecular flexibility index (Phi) is 5.41. The highest BCUT2D eigenvalue weighted by atomic mass is 16.5. The number of benzene rings is 1. The maximum atomic E-state index is 8.76. The van der Waals surface area contributed by atoms with Crippen LogP contribution in [0, 0.1) is 11.3 Å². The van der Waals surface area contributed by atoms with E-state index in [0.29, 0.717) is 11.6 Å². The molecule has 0 spiro atoms. The molecular formula is C18H19N7O. The Bertz CT molecular complexity index is 912. The molecule has 0 aliphatic heterocycles. The van der Waals surface area contributed by atoms with Crippen LogP contribution < -0.4 is 15.4 Å². The van der Waals surface area contributed by atoms with Gasteiger partial charge in [-0.2, -0.15) is 10.4 Å². The van der Waals surface area contributed by atoms with Crippen LogP contribution in [0.1, 0.15) is 18.2 Å². The Balaban J connectivity index is 1.79. The summed E-state index contributed by atoms with van der Waals surface area (Å²) in [6.07, 6.45) is 2.89. The Hall–Kier alpha value is -3.44. The standard InChI is InChI=1S/C18H19N7O/c1-3-20-9-12-4-5-14(16(6-12)26-2)15-7-17(25-24-15)23-18-11-21-13(8-19)10-22-18/h4-7,10-11,20H,3,9H2,1-2H3,(H2,22,23,24,25). The molecule has 8 nitrogen and oxygen atoms in total. The van der Waals surface area contributed by atoms with E-state index >= 15 is 0 Å². The second kappa shape index (κ2) is 8.09. The van der Waals surface area contributed by atoms with E-state index in [1.54, 1.807) is 7.11 Å². The van der Waals surface area contributed by atoms with Gasteiger partial charge in [-0.1, -0.05) is 13.0 Å². The number of H-pyrrole nitrogens is 1. The Morgan fingerprint density at radius 1 is 1.19 bits per heavy atom. The van der Waals surface area contributed by atoms with Gasteiger partial charge in [0, 0.05) is 18.2 Å². The lowest BCUT2D eigenvalue weighted by molar-refractivity contribution is 0.415. The molecule has 0 saturated heterocycles. The normalized spacial score (nSPS) is 10.3. The SMILES string of the molecule is CCNCc1ccc(-c2cc(Nc3cnc(C#N)cn3)n[nH]2)c(OC)c1. The van der Waals surface area contributed by atoms with Crippen molar-refractivity contribution >= 4 is 11.6 Å². The van der Waals surface area contributed by atoms with Crippen LogP contribution in [0.3, 0.4) is 0 Å². The number of rotatable bonds is 7. The third-order valence-electron chi connectivity index (χ3n) is 3.74. The molecule has 0 fully saturated rings. The topological polar surface area (TPSA) is 112 Å². The average molecular weight is 349 g/mol. The highest BCUT2D eigenvalue weighted by molar-refractivity contribution is 5.71. The predicted octanol–water partition coefficient (Wildman–Crippen LogP) is 2.60. The van der Waals surface area contributed by atoms with Crippen LogP contribution in [-0.2, 0) is 6.54 Å². The second-order valence-corrected chi connectivity index (χ2v) is 5.51. The molecule has 3 aromatic rings. The molecular weight excluding hydrogens is 330 g/mol. The van der Waals surface area contributed by atoms with Crippen molar-refractivity contribution in [2.24, 2.45) is 0 Å². The summed E-state index contributed by atoms with van der Waals surface area (Å²) in [6, 6.07) is 9.87. The van der Waals surface area contributed by atoms with E-state index in [1.807, 2.05) is 24.3 Å². The molecule has 2 heterocycles. The first-order chi connectivity index (χ1) is 12.7. The van der Waals surface area contributed by atoms with Crippen LogP contribution in [0.5, 0.6) is 5.75 Å². The molecule has 3 rings (SSSR count). The summed E-state index contributed by atoms with van der Waals surface area (Å²) in [7, 11) is 1.65. The zero-order valence-electron chi connectivity index (χ0n) is 14.6. The van der Waals surface area contributed by atoms with Gasteiger partial charge in [0.15, 0.2) is 11.5 Å².